The quantitative estimate of drug-likeness (QED) is 0.404. The minimum Gasteiger partial charge on any atom is -0.346 e. The van der Waals surface area contributed by atoms with E-state index in [2.05, 4.69) is 59.6 Å². The lowest BCUT2D eigenvalue weighted by Crippen LogP contribution is -2.37. The SMILES string of the molecule is CCCC(Br)(CCC)OC(Br)(CCC)CCC. The van der Waals surface area contributed by atoms with Gasteiger partial charge in [-0.15, -0.1) is 0 Å². The highest BCUT2D eigenvalue weighted by molar-refractivity contribution is 9.10. The molecule has 1 nitrogen and oxygen atoms in total. The zero-order valence-corrected chi connectivity index (χ0v) is 15.0. The zero-order valence-electron chi connectivity index (χ0n) is 11.8. The second kappa shape index (κ2) is 8.92. The number of hydrogen-bond donors (Lipinski definition) is 0. The van der Waals surface area contributed by atoms with E-state index < -0.39 is 0 Å². The molecule has 0 radical (unpaired) electrons. The van der Waals surface area contributed by atoms with Crippen molar-refractivity contribution < 1.29 is 4.74 Å². The van der Waals surface area contributed by atoms with Crippen LogP contribution in [0.25, 0.3) is 0 Å². The van der Waals surface area contributed by atoms with Gasteiger partial charge in [-0.2, -0.15) is 0 Å². The molecule has 0 rings (SSSR count). The van der Waals surface area contributed by atoms with Gasteiger partial charge in [-0.1, -0.05) is 85.2 Å². The molecule has 0 aliphatic heterocycles. The van der Waals surface area contributed by atoms with Crippen LogP contribution in [0.4, 0.5) is 0 Å². The topological polar surface area (TPSA) is 9.23 Å². The summed E-state index contributed by atoms with van der Waals surface area (Å²) in [5, 5.41) is 0. The molecule has 0 amide bonds. The highest BCUT2D eigenvalue weighted by Crippen LogP contribution is 2.42. The molecule has 0 aliphatic rings. The lowest BCUT2D eigenvalue weighted by Gasteiger charge is -2.38. The Morgan fingerprint density at radius 3 is 1.06 bits per heavy atom. The minimum atomic E-state index is -0.148. The van der Waals surface area contributed by atoms with Crippen LogP contribution in [-0.2, 0) is 4.74 Å². The first-order valence-corrected chi connectivity index (χ1v) is 8.61. The molecule has 3 heteroatoms. The van der Waals surface area contributed by atoms with E-state index in [1.165, 1.54) is 0 Å². The first-order valence-electron chi connectivity index (χ1n) is 7.03. The lowest BCUT2D eigenvalue weighted by atomic mass is 10.1. The van der Waals surface area contributed by atoms with E-state index in [9.17, 15) is 0 Å². The van der Waals surface area contributed by atoms with Gasteiger partial charge in [0.2, 0.25) is 0 Å². The van der Waals surface area contributed by atoms with E-state index in [-0.39, 0.29) is 9.02 Å². The highest BCUT2D eigenvalue weighted by atomic mass is 79.9. The molecule has 104 valence electrons. The average molecular weight is 372 g/mol. The summed E-state index contributed by atoms with van der Waals surface area (Å²) in [6, 6.07) is 0. The summed E-state index contributed by atoms with van der Waals surface area (Å²) in [4.78, 5) is 0. The second-order valence-corrected chi connectivity index (χ2v) is 7.76. The van der Waals surface area contributed by atoms with Crippen LogP contribution in [0, 0.1) is 0 Å². The van der Waals surface area contributed by atoms with E-state index in [0.717, 1.165) is 51.4 Å². The fourth-order valence-corrected chi connectivity index (χ4v) is 4.70. The van der Waals surface area contributed by atoms with Crippen molar-refractivity contribution in [2.24, 2.45) is 0 Å². The monoisotopic (exact) mass is 370 g/mol. The normalized spacial score (nSPS) is 13.1. The molecule has 17 heavy (non-hydrogen) atoms. The minimum absolute atomic E-state index is 0.148. The van der Waals surface area contributed by atoms with Crippen LogP contribution >= 0.6 is 31.9 Å². The van der Waals surface area contributed by atoms with E-state index >= 15 is 0 Å². The van der Waals surface area contributed by atoms with Gasteiger partial charge >= 0.3 is 0 Å². The van der Waals surface area contributed by atoms with Crippen molar-refractivity contribution in [1.29, 1.82) is 0 Å². The molecule has 0 unspecified atom stereocenters. The van der Waals surface area contributed by atoms with Crippen LogP contribution < -0.4 is 0 Å². The zero-order chi connectivity index (χ0) is 13.4. The van der Waals surface area contributed by atoms with Gasteiger partial charge in [0.05, 0.1) is 0 Å². The van der Waals surface area contributed by atoms with Crippen molar-refractivity contribution in [1.82, 2.24) is 0 Å². The molecule has 0 atom stereocenters. The fourth-order valence-electron chi connectivity index (χ4n) is 2.28. The summed E-state index contributed by atoms with van der Waals surface area (Å²) in [5.41, 5.74) is 0. The van der Waals surface area contributed by atoms with Gasteiger partial charge in [0, 0.05) is 0 Å². The third-order valence-electron chi connectivity index (χ3n) is 2.86. The lowest BCUT2D eigenvalue weighted by molar-refractivity contribution is -0.0646. The van der Waals surface area contributed by atoms with E-state index in [4.69, 9.17) is 4.74 Å². The van der Waals surface area contributed by atoms with Crippen molar-refractivity contribution in [3.63, 3.8) is 0 Å². The predicted molar refractivity (Wildman–Crippen MR) is 84.0 cm³/mol. The Bertz CT molecular complexity index is 163. The van der Waals surface area contributed by atoms with Crippen molar-refractivity contribution in [3.8, 4) is 0 Å². The molecule has 0 aromatic carbocycles. The second-order valence-electron chi connectivity index (χ2n) is 4.87. The first-order chi connectivity index (χ1) is 7.95. The molecule has 0 fully saturated rings. The smallest absolute Gasteiger partial charge is 0.124 e. The van der Waals surface area contributed by atoms with Crippen LogP contribution in [0.3, 0.4) is 0 Å². The number of rotatable bonds is 10. The molecule has 0 heterocycles. The summed E-state index contributed by atoms with van der Waals surface area (Å²) < 4.78 is 6.12. The van der Waals surface area contributed by atoms with Gasteiger partial charge in [-0.3, -0.25) is 0 Å². The summed E-state index contributed by atoms with van der Waals surface area (Å²) in [7, 11) is 0. The number of hydrogen-bond acceptors (Lipinski definition) is 1. The van der Waals surface area contributed by atoms with Gasteiger partial charge in [0.1, 0.15) is 9.02 Å². The predicted octanol–water partition coefficient (Wildman–Crippen LogP) is 6.39. The number of alkyl halides is 2. The third kappa shape index (κ3) is 7.17. The molecule has 0 aromatic heterocycles. The Morgan fingerprint density at radius 2 is 0.882 bits per heavy atom. The maximum Gasteiger partial charge on any atom is 0.124 e. The maximum absolute atomic E-state index is 6.42. The molecule has 0 saturated carbocycles. The van der Waals surface area contributed by atoms with Crippen LogP contribution in [0.1, 0.15) is 79.1 Å². The van der Waals surface area contributed by atoms with Crippen LogP contribution in [0.2, 0.25) is 0 Å². The summed E-state index contributed by atoms with van der Waals surface area (Å²) in [6.45, 7) is 8.85. The maximum atomic E-state index is 6.42. The molecule has 0 bridgehead atoms. The van der Waals surface area contributed by atoms with E-state index in [1.807, 2.05) is 0 Å². The molecule has 0 N–H and O–H groups in total. The Labute approximate surface area is 124 Å². The van der Waals surface area contributed by atoms with E-state index in [0.29, 0.717) is 0 Å². The van der Waals surface area contributed by atoms with Gasteiger partial charge in [-0.25, -0.2) is 0 Å². The number of ether oxygens (including phenoxy) is 1. The summed E-state index contributed by atoms with van der Waals surface area (Å²) in [5.74, 6) is 0. The molecule has 0 aromatic rings. The van der Waals surface area contributed by atoms with Gasteiger partial charge in [0.15, 0.2) is 0 Å². The van der Waals surface area contributed by atoms with Crippen molar-refractivity contribution in [2.75, 3.05) is 0 Å². The molecule has 0 aliphatic carbocycles. The third-order valence-corrected chi connectivity index (χ3v) is 4.77. The van der Waals surface area contributed by atoms with Crippen LogP contribution in [-0.4, -0.2) is 9.02 Å². The fraction of sp³-hybridized carbons (Fsp3) is 1.00. The van der Waals surface area contributed by atoms with Crippen molar-refractivity contribution in [2.45, 2.75) is 88.1 Å². The summed E-state index contributed by atoms with van der Waals surface area (Å²) in [6.07, 6.45) is 8.87. The molecular weight excluding hydrogens is 344 g/mol. The first kappa shape index (κ1) is 17.9. The molecule has 0 saturated heterocycles. The Kier molecular flexibility index (Phi) is 9.41. The van der Waals surface area contributed by atoms with Gasteiger partial charge in [-0.05, 0) is 25.7 Å². The van der Waals surface area contributed by atoms with E-state index in [1.54, 1.807) is 0 Å². The van der Waals surface area contributed by atoms with Crippen molar-refractivity contribution >= 4 is 31.9 Å². The Balaban J connectivity index is 4.65. The standard InChI is InChI=1S/C14H28Br2O/c1-5-9-13(15,10-6-2)17-14(16,11-7-3)12-8-4/h5-12H2,1-4H3. The molecular formula is C14H28Br2O. The highest BCUT2D eigenvalue weighted by Gasteiger charge is 2.36. The molecule has 0 spiro atoms. The average Bonchev–Trinajstić information content (AvgIpc) is 2.17. The van der Waals surface area contributed by atoms with Crippen molar-refractivity contribution in [3.05, 3.63) is 0 Å². The summed E-state index contributed by atoms with van der Waals surface area (Å²) >= 11 is 7.66. The largest absolute Gasteiger partial charge is 0.346 e. The van der Waals surface area contributed by atoms with Crippen LogP contribution in [0.5, 0.6) is 0 Å². The van der Waals surface area contributed by atoms with Crippen LogP contribution in [0.15, 0.2) is 0 Å². The number of halogens is 2. The van der Waals surface area contributed by atoms with Gasteiger partial charge < -0.3 is 4.74 Å². The Morgan fingerprint density at radius 1 is 0.647 bits per heavy atom. The van der Waals surface area contributed by atoms with Gasteiger partial charge in [0.25, 0.3) is 0 Å². The Hall–Kier alpha value is 0.920.